The van der Waals surface area contributed by atoms with Crippen molar-refractivity contribution < 1.29 is 8.42 Å². The number of rotatable bonds is 9. The van der Waals surface area contributed by atoms with Crippen molar-refractivity contribution in [2.75, 3.05) is 26.2 Å². The van der Waals surface area contributed by atoms with Gasteiger partial charge in [0.25, 0.3) is 0 Å². The van der Waals surface area contributed by atoms with E-state index in [1.54, 1.807) is 17.4 Å². The van der Waals surface area contributed by atoms with Gasteiger partial charge in [0, 0.05) is 42.3 Å². The van der Waals surface area contributed by atoms with Crippen molar-refractivity contribution in [3.8, 4) is 0 Å². The second-order valence-corrected chi connectivity index (χ2v) is 9.28. The van der Waals surface area contributed by atoms with Crippen LogP contribution in [0.5, 0.6) is 0 Å². The van der Waals surface area contributed by atoms with Crippen molar-refractivity contribution >= 4 is 51.3 Å². The lowest BCUT2D eigenvalue weighted by Gasteiger charge is -2.21. The van der Waals surface area contributed by atoms with E-state index >= 15 is 0 Å². The maximum Gasteiger partial charge on any atom is 0.242 e. The number of aliphatic imine (C=N–C) groups is 1. The maximum atomic E-state index is 12.2. The molecule has 156 valence electrons. The Bertz CT molecular complexity index is 825. The van der Waals surface area contributed by atoms with Crippen molar-refractivity contribution in [2.24, 2.45) is 4.99 Å². The fraction of sp³-hybridized carbons (Fsp3) is 0.444. The number of halogens is 1. The van der Waals surface area contributed by atoms with E-state index in [-0.39, 0.29) is 40.8 Å². The zero-order chi connectivity index (χ0) is 19.8. The van der Waals surface area contributed by atoms with Gasteiger partial charge in [-0.25, -0.2) is 13.1 Å². The molecule has 7 nitrogen and oxygen atoms in total. The molecule has 2 rings (SSSR count). The summed E-state index contributed by atoms with van der Waals surface area (Å²) in [4.78, 5) is 9.92. The first-order chi connectivity index (χ1) is 12.8. The van der Waals surface area contributed by atoms with Crippen LogP contribution in [0.3, 0.4) is 0 Å². The SMILES string of the molecule is CCNC(=NCC(C)(C)c1cccs1)NCCNS(=O)(=O)c1cccnc1.I. The van der Waals surface area contributed by atoms with Crippen LogP contribution in [0.15, 0.2) is 51.9 Å². The Morgan fingerprint density at radius 2 is 2.00 bits per heavy atom. The van der Waals surface area contributed by atoms with Gasteiger partial charge >= 0.3 is 0 Å². The second-order valence-electron chi connectivity index (χ2n) is 6.57. The van der Waals surface area contributed by atoms with Crippen molar-refractivity contribution in [3.05, 3.63) is 46.9 Å². The highest BCUT2D eigenvalue weighted by atomic mass is 127. The summed E-state index contributed by atoms with van der Waals surface area (Å²) in [5, 5.41) is 8.42. The minimum atomic E-state index is -3.55. The summed E-state index contributed by atoms with van der Waals surface area (Å²) in [5.74, 6) is 0.669. The minimum absolute atomic E-state index is 0. The third-order valence-corrected chi connectivity index (χ3v) is 6.50. The Labute approximate surface area is 188 Å². The van der Waals surface area contributed by atoms with Crippen LogP contribution in [0.2, 0.25) is 0 Å². The average molecular weight is 537 g/mol. The highest BCUT2D eigenvalue weighted by Gasteiger charge is 2.21. The predicted molar refractivity (Wildman–Crippen MR) is 126 cm³/mol. The number of nitrogens with zero attached hydrogens (tertiary/aromatic N) is 2. The summed E-state index contributed by atoms with van der Waals surface area (Å²) in [6, 6.07) is 7.27. The van der Waals surface area contributed by atoms with E-state index in [4.69, 9.17) is 0 Å². The maximum absolute atomic E-state index is 12.2. The van der Waals surface area contributed by atoms with Crippen LogP contribution in [0.1, 0.15) is 25.6 Å². The van der Waals surface area contributed by atoms with Crippen LogP contribution in [0, 0.1) is 0 Å². The Kier molecular flexibility index (Phi) is 10.4. The molecule has 0 saturated carbocycles. The van der Waals surface area contributed by atoms with E-state index in [2.05, 4.69) is 50.6 Å². The van der Waals surface area contributed by atoms with Crippen LogP contribution in [0.25, 0.3) is 0 Å². The zero-order valence-corrected chi connectivity index (χ0v) is 20.3. The lowest BCUT2D eigenvalue weighted by atomic mass is 9.92. The van der Waals surface area contributed by atoms with Crippen LogP contribution in [-0.2, 0) is 15.4 Å². The molecule has 2 heterocycles. The molecular formula is C18H28IN5O2S2. The molecule has 0 aliphatic rings. The highest BCUT2D eigenvalue weighted by Crippen LogP contribution is 2.27. The molecule has 0 aliphatic heterocycles. The van der Waals surface area contributed by atoms with Gasteiger partial charge in [0.15, 0.2) is 5.96 Å². The smallest absolute Gasteiger partial charge is 0.242 e. The molecular weight excluding hydrogens is 509 g/mol. The van der Waals surface area contributed by atoms with Crippen molar-refractivity contribution in [3.63, 3.8) is 0 Å². The number of sulfonamides is 1. The molecule has 3 N–H and O–H groups in total. The van der Waals surface area contributed by atoms with E-state index in [0.29, 0.717) is 19.0 Å². The largest absolute Gasteiger partial charge is 0.357 e. The molecule has 0 atom stereocenters. The van der Waals surface area contributed by atoms with Crippen LogP contribution < -0.4 is 15.4 Å². The third-order valence-electron chi connectivity index (χ3n) is 3.82. The second kappa shape index (κ2) is 11.7. The molecule has 0 saturated heterocycles. The van der Waals surface area contributed by atoms with Gasteiger partial charge in [-0.3, -0.25) is 9.98 Å². The van der Waals surface area contributed by atoms with Crippen LogP contribution >= 0.6 is 35.3 Å². The molecule has 0 radical (unpaired) electrons. The van der Waals surface area contributed by atoms with Gasteiger partial charge in [0.05, 0.1) is 6.54 Å². The summed E-state index contributed by atoms with van der Waals surface area (Å²) in [5.41, 5.74) is -0.0571. The van der Waals surface area contributed by atoms with Gasteiger partial charge in [-0.2, -0.15) is 0 Å². The molecule has 0 spiro atoms. The molecule has 0 amide bonds. The van der Waals surface area contributed by atoms with Gasteiger partial charge in [0.2, 0.25) is 10.0 Å². The first-order valence-electron chi connectivity index (χ1n) is 8.81. The van der Waals surface area contributed by atoms with E-state index < -0.39 is 10.0 Å². The van der Waals surface area contributed by atoms with Gasteiger partial charge in [-0.15, -0.1) is 35.3 Å². The Morgan fingerprint density at radius 1 is 1.21 bits per heavy atom. The summed E-state index contributed by atoms with van der Waals surface area (Å²) in [7, 11) is -3.55. The van der Waals surface area contributed by atoms with Crippen molar-refractivity contribution in [2.45, 2.75) is 31.1 Å². The summed E-state index contributed by atoms with van der Waals surface area (Å²) < 4.78 is 26.9. The lowest BCUT2D eigenvalue weighted by Crippen LogP contribution is -2.42. The molecule has 28 heavy (non-hydrogen) atoms. The fourth-order valence-electron chi connectivity index (χ4n) is 2.32. The van der Waals surface area contributed by atoms with Gasteiger partial charge in [0.1, 0.15) is 4.90 Å². The number of aromatic nitrogens is 1. The molecule has 0 aliphatic carbocycles. The zero-order valence-electron chi connectivity index (χ0n) is 16.3. The Hall–Kier alpha value is -1.24. The van der Waals surface area contributed by atoms with E-state index in [9.17, 15) is 8.42 Å². The average Bonchev–Trinajstić information content (AvgIpc) is 3.20. The minimum Gasteiger partial charge on any atom is -0.357 e. The number of thiophene rings is 1. The molecule has 10 heteroatoms. The Balaban J connectivity index is 0.00000392. The lowest BCUT2D eigenvalue weighted by molar-refractivity contribution is 0.548. The van der Waals surface area contributed by atoms with Crippen LogP contribution in [0.4, 0.5) is 0 Å². The van der Waals surface area contributed by atoms with Gasteiger partial charge in [-0.1, -0.05) is 19.9 Å². The summed E-state index contributed by atoms with van der Waals surface area (Å²) >= 11 is 1.73. The normalized spacial score (nSPS) is 12.3. The van der Waals surface area contributed by atoms with E-state index in [0.717, 1.165) is 6.54 Å². The first kappa shape index (κ1) is 24.8. The summed E-state index contributed by atoms with van der Waals surface area (Å²) in [6.07, 6.45) is 2.87. The van der Waals surface area contributed by atoms with E-state index in [1.807, 2.05) is 13.0 Å². The van der Waals surface area contributed by atoms with Crippen molar-refractivity contribution in [1.29, 1.82) is 0 Å². The first-order valence-corrected chi connectivity index (χ1v) is 11.2. The van der Waals surface area contributed by atoms with Crippen LogP contribution in [-0.4, -0.2) is 45.5 Å². The van der Waals surface area contributed by atoms with Gasteiger partial charge < -0.3 is 10.6 Å². The Morgan fingerprint density at radius 3 is 2.61 bits per heavy atom. The topological polar surface area (TPSA) is 95.5 Å². The number of hydrogen-bond acceptors (Lipinski definition) is 5. The fourth-order valence-corrected chi connectivity index (χ4v) is 4.15. The molecule has 0 unspecified atom stereocenters. The number of pyridine rings is 1. The number of guanidine groups is 1. The van der Waals surface area contributed by atoms with Crippen molar-refractivity contribution in [1.82, 2.24) is 20.3 Å². The molecule has 0 bridgehead atoms. The highest BCUT2D eigenvalue weighted by molar-refractivity contribution is 14.0. The third kappa shape index (κ3) is 7.64. The van der Waals surface area contributed by atoms with E-state index in [1.165, 1.54) is 23.3 Å². The predicted octanol–water partition coefficient (Wildman–Crippen LogP) is 2.57. The molecule has 0 aromatic carbocycles. The molecule has 2 aromatic rings. The monoisotopic (exact) mass is 537 g/mol. The molecule has 2 aromatic heterocycles. The number of hydrogen-bond donors (Lipinski definition) is 3. The molecule has 0 fully saturated rings. The standard InChI is InChI=1S/C18H27N5O2S2.HI/c1-4-20-17(22-14-18(2,3)16-8-6-12-26-16)21-10-11-23-27(24,25)15-7-5-9-19-13-15;/h5-9,12-13,23H,4,10-11,14H2,1-3H3,(H2,20,21,22);1H. The van der Waals surface area contributed by atoms with Gasteiger partial charge in [-0.05, 0) is 30.5 Å². The quantitative estimate of drug-likeness (QED) is 0.198. The summed E-state index contributed by atoms with van der Waals surface area (Å²) in [6.45, 7) is 8.34. The number of nitrogens with one attached hydrogen (secondary N) is 3.